The fourth-order valence-electron chi connectivity index (χ4n) is 1.17. The molecule has 1 aromatic rings. The van der Waals surface area contributed by atoms with Gasteiger partial charge in [-0.1, -0.05) is 19.9 Å². The Morgan fingerprint density at radius 2 is 2.24 bits per heavy atom. The maximum atomic E-state index is 11.6. The van der Waals surface area contributed by atoms with E-state index in [1.165, 1.54) is 0 Å². The van der Waals surface area contributed by atoms with E-state index in [-0.39, 0.29) is 11.0 Å². The first-order valence-corrected chi connectivity index (χ1v) is 5.73. The molecule has 17 heavy (non-hydrogen) atoms. The van der Waals surface area contributed by atoms with Crippen molar-refractivity contribution in [2.24, 2.45) is 11.7 Å². The van der Waals surface area contributed by atoms with E-state index in [4.69, 9.17) is 10.5 Å². The first kappa shape index (κ1) is 13.4. The lowest BCUT2D eigenvalue weighted by Crippen LogP contribution is -2.34. The predicted molar refractivity (Wildman–Crippen MR) is 71.0 cm³/mol. The fraction of sp³-hybridized carbons (Fsp3) is 0.333. The first-order chi connectivity index (χ1) is 7.99. The first-order valence-electron chi connectivity index (χ1n) is 5.32. The Hall–Kier alpha value is -1.62. The van der Waals surface area contributed by atoms with Crippen molar-refractivity contribution in [3.8, 4) is 5.75 Å². The molecule has 1 amide bonds. The molecule has 1 rings (SSSR count). The van der Waals surface area contributed by atoms with Gasteiger partial charge in [-0.25, -0.2) is 0 Å². The molecule has 1 aromatic carbocycles. The number of nitrogens with one attached hydrogen (secondary N) is 1. The Morgan fingerprint density at radius 3 is 2.82 bits per heavy atom. The number of benzene rings is 1. The van der Waals surface area contributed by atoms with Gasteiger partial charge in [-0.2, -0.15) is 0 Å². The van der Waals surface area contributed by atoms with Crippen LogP contribution in [0.3, 0.4) is 0 Å². The second-order valence-electron chi connectivity index (χ2n) is 4.05. The van der Waals surface area contributed by atoms with Crippen molar-refractivity contribution in [3.05, 3.63) is 29.8 Å². The summed E-state index contributed by atoms with van der Waals surface area (Å²) in [4.78, 5) is 11.6. The van der Waals surface area contributed by atoms with Crippen molar-refractivity contribution in [1.29, 1.82) is 0 Å². The molecule has 0 bridgehead atoms. The molecule has 0 atom stereocenters. The van der Waals surface area contributed by atoms with Gasteiger partial charge in [0.25, 0.3) is 5.91 Å². The monoisotopic (exact) mass is 252 g/mol. The van der Waals surface area contributed by atoms with Gasteiger partial charge in [0.15, 0.2) is 5.11 Å². The standard InChI is InChI=1S/C12H16N2O2S/c1-8(2)7-16-10-5-3-4-9(6-10)11(15)14-12(13)17/h3-6,8H,7H2,1-2H3,(H3,13,14,15,17). The van der Waals surface area contributed by atoms with E-state index >= 15 is 0 Å². The van der Waals surface area contributed by atoms with Gasteiger partial charge in [-0.05, 0) is 36.3 Å². The van der Waals surface area contributed by atoms with Crippen LogP contribution in [0.5, 0.6) is 5.75 Å². The van der Waals surface area contributed by atoms with E-state index in [2.05, 4.69) is 31.4 Å². The maximum absolute atomic E-state index is 11.6. The third-order valence-corrected chi connectivity index (χ3v) is 2.02. The van der Waals surface area contributed by atoms with Gasteiger partial charge in [-0.15, -0.1) is 0 Å². The molecule has 5 heteroatoms. The van der Waals surface area contributed by atoms with Crippen molar-refractivity contribution >= 4 is 23.2 Å². The molecule has 0 aliphatic heterocycles. The normalized spacial score (nSPS) is 10.1. The zero-order valence-corrected chi connectivity index (χ0v) is 10.7. The highest BCUT2D eigenvalue weighted by atomic mass is 32.1. The summed E-state index contributed by atoms with van der Waals surface area (Å²) < 4.78 is 5.52. The molecule has 0 radical (unpaired) electrons. The number of nitrogens with two attached hydrogens (primary N) is 1. The average molecular weight is 252 g/mol. The Balaban J connectivity index is 2.71. The van der Waals surface area contributed by atoms with Crippen LogP contribution in [-0.4, -0.2) is 17.6 Å². The number of thiocarbonyl (C=S) groups is 1. The molecule has 0 fully saturated rings. The topological polar surface area (TPSA) is 64.3 Å². The number of carbonyl (C=O) groups excluding carboxylic acids is 1. The minimum absolute atomic E-state index is 0.0384. The number of carbonyl (C=O) groups is 1. The van der Waals surface area contributed by atoms with Crippen molar-refractivity contribution in [2.45, 2.75) is 13.8 Å². The molecule has 0 spiro atoms. The predicted octanol–water partition coefficient (Wildman–Crippen LogP) is 1.69. The smallest absolute Gasteiger partial charge is 0.257 e. The molecule has 0 saturated carbocycles. The molecule has 0 aliphatic carbocycles. The third-order valence-electron chi connectivity index (χ3n) is 1.92. The van der Waals surface area contributed by atoms with E-state index in [0.29, 0.717) is 23.8 Å². The summed E-state index contributed by atoms with van der Waals surface area (Å²) in [7, 11) is 0. The van der Waals surface area contributed by atoms with Crippen LogP contribution in [0.25, 0.3) is 0 Å². The Morgan fingerprint density at radius 1 is 1.53 bits per heavy atom. The minimum atomic E-state index is -0.326. The summed E-state index contributed by atoms with van der Waals surface area (Å²) in [5.41, 5.74) is 5.71. The minimum Gasteiger partial charge on any atom is -0.493 e. The van der Waals surface area contributed by atoms with Crippen LogP contribution in [-0.2, 0) is 0 Å². The SMILES string of the molecule is CC(C)COc1cccc(C(=O)NC(N)=S)c1. The van der Waals surface area contributed by atoms with Gasteiger partial charge in [0, 0.05) is 5.56 Å². The summed E-state index contributed by atoms with van der Waals surface area (Å²) in [5.74, 6) is 0.769. The maximum Gasteiger partial charge on any atom is 0.257 e. The Bertz CT molecular complexity index is 419. The molecule has 0 aromatic heterocycles. The molecule has 0 saturated heterocycles. The van der Waals surface area contributed by atoms with E-state index in [1.807, 2.05) is 0 Å². The molecule has 4 nitrogen and oxygen atoms in total. The number of hydrogen-bond acceptors (Lipinski definition) is 3. The zero-order valence-electron chi connectivity index (χ0n) is 9.90. The molecule has 0 unspecified atom stereocenters. The number of ether oxygens (including phenoxy) is 1. The summed E-state index contributed by atoms with van der Waals surface area (Å²) in [6, 6.07) is 6.90. The lowest BCUT2D eigenvalue weighted by atomic mass is 10.2. The molecule has 0 aliphatic rings. The van der Waals surface area contributed by atoms with Crippen LogP contribution < -0.4 is 15.8 Å². The number of rotatable bonds is 4. The lowest BCUT2D eigenvalue weighted by molar-refractivity contribution is 0.0977. The van der Waals surface area contributed by atoms with E-state index in [0.717, 1.165) is 0 Å². The van der Waals surface area contributed by atoms with Crippen LogP contribution in [0.4, 0.5) is 0 Å². The molecule has 0 heterocycles. The molecular weight excluding hydrogens is 236 g/mol. The summed E-state index contributed by atoms with van der Waals surface area (Å²) in [6.45, 7) is 4.73. The van der Waals surface area contributed by atoms with Crippen LogP contribution in [0.15, 0.2) is 24.3 Å². The van der Waals surface area contributed by atoms with Crippen LogP contribution >= 0.6 is 12.2 Å². The van der Waals surface area contributed by atoms with Gasteiger partial charge in [-0.3, -0.25) is 10.1 Å². The Labute approximate surface area is 106 Å². The van der Waals surface area contributed by atoms with Crippen molar-refractivity contribution in [2.75, 3.05) is 6.61 Å². The Kier molecular flexibility index (Phi) is 4.90. The van der Waals surface area contributed by atoms with E-state index < -0.39 is 0 Å². The number of amides is 1. The van der Waals surface area contributed by atoms with E-state index in [1.54, 1.807) is 24.3 Å². The van der Waals surface area contributed by atoms with Crippen molar-refractivity contribution < 1.29 is 9.53 Å². The highest BCUT2D eigenvalue weighted by molar-refractivity contribution is 7.80. The summed E-state index contributed by atoms with van der Waals surface area (Å²) in [6.07, 6.45) is 0. The summed E-state index contributed by atoms with van der Waals surface area (Å²) in [5, 5.41) is 2.33. The number of hydrogen-bond donors (Lipinski definition) is 2. The largest absolute Gasteiger partial charge is 0.493 e. The van der Waals surface area contributed by atoms with Gasteiger partial charge >= 0.3 is 0 Å². The molecule has 92 valence electrons. The van der Waals surface area contributed by atoms with Gasteiger partial charge < -0.3 is 10.5 Å². The molecule has 3 N–H and O–H groups in total. The average Bonchev–Trinajstić information content (AvgIpc) is 2.26. The fourth-order valence-corrected chi connectivity index (χ4v) is 1.27. The van der Waals surface area contributed by atoms with Gasteiger partial charge in [0.1, 0.15) is 5.75 Å². The van der Waals surface area contributed by atoms with Crippen LogP contribution in [0.1, 0.15) is 24.2 Å². The van der Waals surface area contributed by atoms with Crippen LogP contribution in [0.2, 0.25) is 0 Å². The van der Waals surface area contributed by atoms with Crippen molar-refractivity contribution in [1.82, 2.24) is 5.32 Å². The highest BCUT2D eigenvalue weighted by Crippen LogP contribution is 2.14. The second-order valence-corrected chi connectivity index (χ2v) is 4.49. The zero-order chi connectivity index (χ0) is 12.8. The molecular formula is C12H16N2O2S. The van der Waals surface area contributed by atoms with E-state index in [9.17, 15) is 4.79 Å². The van der Waals surface area contributed by atoms with Crippen LogP contribution in [0, 0.1) is 5.92 Å². The van der Waals surface area contributed by atoms with Gasteiger partial charge in [0.05, 0.1) is 6.61 Å². The lowest BCUT2D eigenvalue weighted by Gasteiger charge is -2.09. The quantitative estimate of drug-likeness (QED) is 0.800. The van der Waals surface area contributed by atoms with Crippen molar-refractivity contribution in [3.63, 3.8) is 0 Å². The van der Waals surface area contributed by atoms with Gasteiger partial charge in [0.2, 0.25) is 0 Å². The third kappa shape index (κ3) is 4.82. The second kappa shape index (κ2) is 6.20. The summed E-state index contributed by atoms with van der Waals surface area (Å²) >= 11 is 4.60. The highest BCUT2D eigenvalue weighted by Gasteiger charge is 2.07.